The molecule has 0 aromatic heterocycles. The van der Waals surface area contributed by atoms with E-state index in [2.05, 4.69) is 11.9 Å². The Hall–Kier alpha value is -2.63. The van der Waals surface area contributed by atoms with Crippen molar-refractivity contribution in [3.8, 4) is 0 Å². The van der Waals surface area contributed by atoms with Gasteiger partial charge in [-0.2, -0.15) is 0 Å². The molecule has 1 saturated carbocycles. The standard InChI is InChI=1S/C20H25N3O3/c1-2-14-22(16-9-5-3-6-10-16)17(24)11-15-23-18(25)20(21-19(23)26)12-7-4-8-13-20/h2-3,5-6,9-10H,1,4,7-8,11-15H2,(H,21,26). The number of rotatable bonds is 6. The van der Waals surface area contributed by atoms with E-state index >= 15 is 0 Å². The highest BCUT2D eigenvalue weighted by Crippen LogP contribution is 2.33. The van der Waals surface area contributed by atoms with Crippen LogP contribution in [0.15, 0.2) is 43.0 Å². The molecule has 0 unspecified atom stereocenters. The molecule has 1 saturated heterocycles. The average Bonchev–Trinajstić information content (AvgIpc) is 2.88. The second-order valence-corrected chi connectivity index (χ2v) is 6.91. The molecule has 6 heteroatoms. The van der Waals surface area contributed by atoms with Crippen LogP contribution in [0.3, 0.4) is 0 Å². The number of nitrogens with one attached hydrogen (secondary N) is 1. The molecule has 2 aliphatic rings. The van der Waals surface area contributed by atoms with Crippen LogP contribution in [0.1, 0.15) is 38.5 Å². The molecule has 2 fully saturated rings. The minimum atomic E-state index is -0.737. The van der Waals surface area contributed by atoms with Crippen molar-refractivity contribution in [2.45, 2.75) is 44.1 Å². The molecule has 4 amide bonds. The molecule has 1 aliphatic carbocycles. The Bertz CT molecular complexity index is 696. The molecule has 1 aliphatic heterocycles. The molecule has 0 atom stereocenters. The van der Waals surface area contributed by atoms with Crippen LogP contribution in [-0.2, 0) is 9.59 Å². The second-order valence-electron chi connectivity index (χ2n) is 6.91. The summed E-state index contributed by atoms with van der Waals surface area (Å²) in [6, 6.07) is 8.95. The van der Waals surface area contributed by atoms with Crippen molar-refractivity contribution in [1.82, 2.24) is 10.2 Å². The van der Waals surface area contributed by atoms with Gasteiger partial charge in [0, 0.05) is 25.2 Å². The van der Waals surface area contributed by atoms with Gasteiger partial charge in [0.2, 0.25) is 5.91 Å². The number of para-hydroxylation sites is 1. The van der Waals surface area contributed by atoms with Gasteiger partial charge < -0.3 is 10.2 Å². The highest BCUT2D eigenvalue weighted by atomic mass is 16.2. The third-order valence-corrected chi connectivity index (χ3v) is 5.18. The van der Waals surface area contributed by atoms with Crippen LogP contribution in [-0.4, -0.2) is 41.4 Å². The van der Waals surface area contributed by atoms with Crippen molar-refractivity contribution in [2.75, 3.05) is 18.0 Å². The molecule has 0 bridgehead atoms. The Morgan fingerprint density at radius 2 is 1.88 bits per heavy atom. The van der Waals surface area contributed by atoms with Crippen molar-refractivity contribution in [3.63, 3.8) is 0 Å². The summed E-state index contributed by atoms with van der Waals surface area (Å²) in [5.41, 5.74) is 0.0388. The SMILES string of the molecule is C=CCN(C(=O)CCN1C(=O)NC2(CCCCC2)C1=O)c1ccccc1. The van der Waals surface area contributed by atoms with Gasteiger partial charge in [-0.25, -0.2) is 4.79 Å². The zero-order valence-electron chi connectivity index (χ0n) is 14.9. The molecule has 3 rings (SSSR count). The first-order chi connectivity index (χ1) is 12.6. The van der Waals surface area contributed by atoms with Crippen LogP contribution in [0.2, 0.25) is 0 Å². The van der Waals surface area contributed by atoms with Crippen molar-refractivity contribution in [1.29, 1.82) is 0 Å². The van der Waals surface area contributed by atoms with Crippen LogP contribution in [0.4, 0.5) is 10.5 Å². The molecular formula is C20H25N3O3. The van der Waals surface area contributed by atoms with E-state index in [0.29, 0.717) is 19.4 Å². The number of anilines is 1. The van der Waals surface area contributed by atoms with Crippen molar-refractivity contribution < 1.29 is 14.4 Å². The number of amides is 4. The number of carbonyl (C=O) groups excluding carboxylic acids is 3. The van der Waals surface area contributed by atoms with Gasteiger partial charge in [-0.05, 0) is 25.0 Å². The van der Waals surface area contributed by atoms with Gasteiger partial charge in [-0.3, -0.25) is 14.5 Å². The quantitative estimate of drug-likeness (QED) is 0.630. The van der Waals surface area contributed by atoms with E-state index in [0.717, 1.165) is 24.9 Å². The number of hydrogen-bond donors (Lipinski definition) is 1. The predicted molar refractivity (Wildman–Crippen MR) is 99.7 cm³/mol. The van der Waals surface area contributed by atoms with E-state index in [1.807, 2.05) is 30.3 Å². The molecular weight excluding hydrogens is 330 g/mol. The summed E-state index contributed by atoms with van der Waals surface area (Å²) in [7, 11) is 0. The normalized spacial score (nSPS) is 18.7. The maximum absolute atomic E-state index is 12.8. The van der Waals surface area contributed by atoms with E-state index < -0.39 is 5.54 Å². The van der Waals surface area contributed by atoms with Crippen LogP contribution in [0, 0.1) is 0 Å². The molecule has 26 heavy (non-hydrogen) atoms. The summed E-state index contributed by atoms with van der Waals surface area (Å²) < 4.78 is 0. The van der Waals surface area contributed by atoms with E-state index in [1.54, 1.807) is 11.0 Å². The number of hydrogen-bond acceptors (Lipinski definition) is 3. The number of benzene rings is 1. The monoisotopic (exact) mass is 355 g/mol. The topological polar surface area (TPSA) is 69.7 Å². The van der Waals surface area contributed by atoms with Crippen LogP contribution < -0.4 is 10.2 Å². The molecule has 1 spiro atoms. The Balaban J connectivity index is 1.65. The van der Waals surface area contributed by atoms with E-state index in [9.17, 15) is 14.4 Å². The number of carbonyl (C=O) groups is 3. The van der Waals surface area contributed by atoms with Gasteiger partial charge in [0.25, 0.3) is 5.91 Å². The first-order valence-electron chi connectivity index (χ1n) is 9.18. The highest BCUT2D eigenvalue weighted by Gasteiger charge is 2.51. The number of imide groups is 1. The lowest BCUT2D eigenvalue weighted by Gasteiger charge is -2.30. The Morgan fingerprint density at radius 1 is 1.19 bits per heavy atom. The highest BCUT2D eigenvalue weighted by molar-refractivity contribution is 6.07. The Morgan fingerprint density at radius 3 is 2.54 bits per heavy atom. The molecule has 138 valence electrons. The first kappa shape index (κ1) is 18.2. The minimum absolute atomic E-state index is 0.0952. The molecule has 1 aromatic rings. The van der Waals surface area contributed by atoms with Gasteiger partial charge in [0.05, 0.1) is 0 Å². The predicted octanol–water partition coefficient (Wildman–Crippen LogP) is 2.85. The lowest BCUT2D eigenvalue weighted by atomic mass is 9.82. The summed E-state index contributed by atoms with van der Waals surface area (Å²) in [5, 5.41) is 2.88. The first-order valence-corrected chi connectivity index (χ1v) is 9.18. The zero-order valence-corrected chi connectivity index (χ0v) is 14.9. The third kappa shape index (κ3) is 3.49. The van der Waals surface area contributed by atoms with Crippen LogP contribution in [0.5, 0.6) is 0 Å². The average molecular weight is 355 g/mol. The van der Waals surface area contributed by atoms with Crippen molar-refractivity contribution in [2.24, 2.45) is 0 Å². The van der Waals surface area contributed by atoms with Gasteiger partial charge in [-0.15, -0.1) is 6.58 Å². The lowest BCUT2D eigenvalue weighted by molar-refractivity contribution is -0.132. The lowest BCUT2D eigenvalue weighted by Crippen LogP contribution is -2.48. The molecule has 1 heterocycles. The largest absolute Gasteiger partial charge is 0.325 e. The molecule has 1 aromatic carbocycles. The van der Waals surface area contributed by atoms with Gasteiger partial charge in [-0.1, -0.05) is 43.5 Å². The zero-order chi connectivity index (χ0) is 18.6. The van der Waals surface area contributed by atoms with E-state index in [4.69, 9.17) is 0 Å². The molecule has 0 radical (unpaired) electrons. The fourth-order valence-electron chi connectivity index (χ4n) is 3.80. The molecule has 1 N–H and O–H groups in total. The van der Waals surface area contributed by atoms with Gasteiger partial charge >= 0.3 is 6.03 Å². The van der Waals surface area contributed by atoms with Gasteiger partial charge in [0.15, 0.2) is 0 Å². The van der Waals surface area contributed by atoms with E-state index in [1.165, 1.54) is 4.90 Å². The summed E-state index contributed by atoms with van der Waals surface area (Å²) in [6.45, 7) is 4.19. The number of urea groups is 1. The third-order valence-electron chi connectivity index (χ3n) is 5.18. The summed E-state index contributed by atoms with van der Waals surface area (Å²) in [5.74, 6) is -0.314. The van der Waals surface area contributed by atoms with Crippen LogP contribution >= 0.6 is 0 Å². The van der Waals surface area contributed by atoms with Crippen molar-refractivity contribution >= 4 is 23.5 Å². The fourth-order valence-corrected chi connectivity index (χ4v) is 3.80. The smallest absolute Gasteiger partial charge is 0.323 e. The molecule has 6 nitrogen and oxygen atoms in total. The fraction of sp³-hybridized carbons (Fsp3) is 0.450. The maximum Gasteiger partial charge on any atom is 0.325 e. The summed E-state index contributed by atoms with van der Waals surface area (Å²) in [4.78, 5) is 40.6. The Labute approximate surface area is 153 Å². The van der Waals surface area contributed by atoms with E-state index in [-0.39, 0.29) is 30.8 Å². The summed E-state index contributed by atoms with van der Waals surface area (Å²) >= 11 is 0. The maximum atomic E-state index is 12.8. The number of nitrogens with zero attached hydrogens (tertiary/aromatic N) is 2. The summed E-state index contributed by atoms with van der Waals surface area (Å²) in [6.07, 6.45) is 6.12. The van der Waals surface area contributed by atoms with Gasteiger partial charge in [0.1, 0.15) is 5.54 Å². The van der Waals surface area contributed by atoms with Crippen molar-refractivity contribution in [3.05, 3.63) is 43.0 Å². The minimum Gasteiger partial charge on any atom is -0.323 e. The second kappa shape index (κ2) is 7.72. The Kier molecular flexibility index (Phi) is 5.40. The van der Waals surface area contributed by atoms with Crippen LogP contribution in [0.25, 0.3) is 0 Å².